The summed E-state index contributed by atoms with van der Waals surface area (Å²) >= 11 is 0. The Balaban J connectivity index is 1.40. The van der Waals surface area contributed by atoms with Crippen molar-refractivity contribution in [2.45, 2.75) is 68.3 Å². The van der Waals surface area contributed by atoms with Gasteiger partial charge in [-0.3, -0.25) is 0 Å². The van der Waals surface area contributed by atoms with Crippen molar-refractivity contribution in [1.82, 2.24) is 0 Å². The maximum Gasteiger partial charge on any atom is 0.227 e. The second-order valence-corrected chi connectivity index (χ2v) is 12.4. The number of aliphatic imine (C=N–C) groups is 1. The second-order valence-electron chi connectivity index (χ2n) is 12.4. The van der Waals surface area contributed by atoms with Crippen molar-refractivity contribution in [3.05, 3.63) is 0 Å². The molecule has 10 atom stereocenters. The van der Waals surface area contributed by atoms with E-state index in [0.29, 0.717) is 78.6 Å². The predicted octanol–water partition coefficient (Wildman–Crippen LogP) is -3.77. The summed E-state index contributed by atoms with van der Waals surface area (Å²) in [6.45, 7) is 6.38. The quantitative estimate of drug-likeness (QED) is 0.0341. The lowest BCUT2D eigenvalue weighted by molar-refractivity contribution is -0.346. The zero-order chi connectivity index (χ0) is 39.5. The molecule has 6 N–H and O–H groups in total. The number of aliphatic hydroxyl groups is 6. The van der Waals surface area contributed by atoms with Gasteiger partial charge in [0.15, 0.2) is 12.2 Å². The molecule has 0 aromatic carbocycles. The van der Waals surface area contributed by atoms with Crippen molar-refractivity contribution < 1.29 is 97.0 Å². The van der Waals surface area contributed by atoms with Gasteiger partial charge < -0.3 is 97.0 Å². The molecule has 0 unspecified atom stereocenters. The molecule has 0 aliphatic carbocycles. The summed E-state index contributed by atoms with van der Waals surface area (Å²) in [5.41, 5.74) is 0. The summed E-state index contributed by atoms with van der Waals surface area (Å²) in [7, 11) is 0. The molecule has 0 amide bonds. The van der Waals surface area contributed by atoms with E-state index in [0.717, 1.165) is 0 Å². The lowest BCUT2D eigenvalue weighted by atomic mass is 9.96. The Hall–Kier alpha value is -1.29. The molecular weight excluding hydrogens is 742 g/mol. The van der Waals surface area contributed by atoms with Crippen LogP contribution in [0.2, 0.25) is 0 Å². The Kier molecular flexibility index (Phi) is 26.1. The van der Waals surface area contributed by atoms with Crippen LogP contribution in [-0.4, -0.2) is 243 Å². The topological polar surface area (TPSA) is 263 Å². The van der Waals surface area contributed by atoms with Crippen molar-refractivity contribution >= 4 is 5.90 Å². The van der Waals surface area contributed by atoms with Gasteiger partial charge >= 0.3 is 0 Å². The summed E-state index contributed by atoms with van der Waals surface area (Å²) in [5, 5.41) is 61.0. The van der Waals surface area contributed by atoms with Gasteiger partial charge in [-0.15, -0.1) is 0 Å². The van der Waals surface area contributed by atoms with Crippen LogP contribution >= 0.6 is 0 Å². The summed E-state index contributed by atoms with van der Waals surface area (Å²) in [4.78, 5) is 4.26. The Labute approximate surface area is 321 Å². The standard InChI is InChI=1S/C34H63NO20/c1-24-35-27-29(40)31(25(22-38)53-33(27)52-24)55-34-30(41)32(51-21-20-49-17-16-47-13-11-45-9-7-43-5-3-37)28(39)26(54-34)23-50-19-18-48-15-14-46-12-10-44-8-6-42-4-2-36/h25-34,36-41H,2-23H2,1H3/t25-,26-,27-,28-,29-,30+,31-,32+,33+,34+/m1/s1. The minimum absolute atomic E-state index is 0.000624. The third kappa shape index (κ3) is 18.5. The zero-order valence-electron chi connectivity index (χ0n) is 31.7. The van der Waals surface area contributed by atoms with Crippen LogP contribution in [0.4, 0.5) is 0 Å². The molecular formula is C34H63NO20. The third-order valence-corrected chi connectivity index (χ3v) is 8.27. The number of ether oxygens (including phenoxy) is 14. The minimum Gasteiger partial charge on any atom is -0.450 e. The van der Waals surface area contributed by atoms with Gasteiger partial charge in [0.05, 0.1) is 145 Å². The third-order valence-electron chi connectivity index (χ3n) is 8.27. The summed E-state index contributed by atoms with van der Waals surface area (Å²) in [6, 6.07) is -0.822. The first kappa shape index (κ1) is 48.1. The van der Waals surface area contributed by atoms with E-state index in [2.05, 4.69) is 4.99 Å². The van der Waals surface area contributed by atoms with E-state index in [-0.39, 0.29) is 66.1 Å². The SMILES string of the molecule is CC1=N[C@H]2[C@@H](O1)O[C@H](CO)[C@@H](O[C@@H]1O[C@H](COCCOCCOCCOCCOCCO)[C@@H](O)[C@H](OCCOCCOCCOCCOCCO)[C@@H]1O)[C@@H]2O. The Morgan fingerprint density at radius 1 is 0.509 bits per heavy atom. The molecule has 2 saturated heterocycles. The van der Waals surface area contributed by atoms with E-state index >= 15 is 0 Å². The van der Waals surface area contributed by atoms with E-state index in [1.54, 1.807) is 6.92 Å². The molecule has 0 radical (unpaired) electrons. The maximum atomic E-state index is 11.3. The highest BCUT2D eigenvalue weighted by Crippen LogP contribution is 2.33. The Bertz CT molecular complexity index is 972. The Morgan fingerprint density at radius 2 is 0.964 bits per heavy atom. The van der Waals surface area contributed by atoms with Gasteiger partial charge in [0.2, 0.25) is 6.29 Å². The molecule has 0 aromatic heterocycles. The van der Waals surface area contributed by atoms with Crippen LogP contribution in [0.1, 0.15) is 6.92 Å². The molecule has 2 fully saturated rings. The number of aliphatic hydroxyl groups excluding tert-OH is 6. The van der Waals surface area contributed by atoms with Crippen LogP contribution in [0.15, 0.2) is 4.99 Å². The van der Waals surface area contributed by atoms with Gasteiger partial charge in [-0.2, -0.15) is 0 Å². The van der Waals surface area contributed by atoms with Crippen molar-refractivity contribution in [2.75, 3.05) is 145 Å². The Morgan fingerprint density at radius 3 is 1.44 bits per heavy atom. The molecule has 55 heavy (non-hydrogen) atoms. The molecule has 0 bridgehead atoms. The van der Waals surface area contributed by atoms with E-state index < -0.39 is 68.0 Å². The average Bonchev–Trinajstić information content (AvgIpc) is 3.57. The van der Waals surface area contributed by atoms with Crippen LogP contribution in [0, 0.1) is 0 Å². The maximum absolute atomic E-state index is 11.3. The lowest BCUT2D eigenvalue weighted by Gasteiger charge is -2.46. The molecule has 0 aromatic rings. The number of fused-ring (bicyclic) bond motifs is 1. The van der Waals surface area contributed by atoms with Crippen molar-refractivity contribution in [2.24, 2.45) is 4.99 Å². The van der Waals surface area contributed by atoms with Gasteiger partial charge in [-0.1, -0.05) is 0 Å². The minimum atomic E-state index is -1.52. The average molecular weight is 806 g/mol. The second kappa shape index (κ2) is 29.9. The molecule has 0 spiro atoms. The van der Waals surface area contributed by atoms with Gasteiger partial charge in [0, 0.05) is 6.92 Å². The first-order chi connectivity index (χ1) is 26.9. The van der Waals surface area contributed by atoms with Crippen molar-refractivity contribution in [3.8, 4) is 0 Å². The molecule has 0 saturated carbocycles. The first-order valence-electron chi connectivity index (χ1n) is 18.8. The number of hydrogen-bond donors (Lipinski definition) is 6. The molecule has 21 nitrogen and oxygen atoms in total. The van der Waals surface area contributed by atoms with Gasteiger partial charge in [0.25, 0.3) is 0 Å². The predicted molar refractivity (Wildman–Crippen MR) is 187 cm³/mol. The molecule has 21 heteroatoms. The van der Waals surface area contributed by atoms with Gasteiger partial charge in [-0.05, 0) is 0 Å². The number of rotatable bonds is 34. The van der Waals surface area contributed by atoms with E-state index in [4.69, 9.17) is 76.5 Å². The normalized spacial score (nSPS) is 29.3. The zero-order valence-corrected chi connectivity index (χ0v) is 31.7. The highest BCUT2D eigenvalue weighted by molar-refractivity contribution is 5.75. The fraction of sp³-hybridized carbons (Fsp3) is 0.971. The van der Waals surface area contributed by atoms with Gasteiger partial charge in [-0.25, -0.2) is 4.99 Å². The van der Waals surface area contributed by atoms with Crippen LogP contribution in [0.3, 0.4) is 0 Å². The highest BCUT2D eigenvalue weighted by Gasteiger charge is 2.53. The van der Waals surface area contributed by atoms with Crippen molar-refractivity contribution in [1.29, 1.82) is 0 Å². The number of nitrogens with zero attached hydrogens (tertiary/aromatic N) is 1. The molecule has 324 valence electrons. The summed E-state index contributed by atoms with van der Waals surface area (Å²) in [5.74, 6) is 0.313. The molecule has 3 aliphatic heterocycles. The highest BCUT2D eigenvalue weighted by atomic mass is 16.7. The van der Waals surface area contributed by atoms with E-state index in [1.807, 2.05) is 0 Å². The fourth-order valence-electron chi connectivity index (χ4n) is 5.58. The molecule has 3 rings (SSSR count). The van der Waals surface area contributed by atoms with Crippen LogP contribution in [0.25, 0.3) is 0 Å². The van der Waals surface area contributed by atoms with E-state index in [9.17, 15) is 20.4 Å². The largest absolute Gasteiger partial charge is 0.450 e. The van der Waals surface area contributed by atoms with E-state index in [1.165, 1.54) is 0 Å². The molecule has 3 heterocycles. The number of hydrogen-bond acceptors (Lipinski definition) is 21. The lowest BCUT2D eigenvalue weighted by Crippen LogP contribution is -2.64. The summed E-state index contributed by atoms with van der Waals surface area (Å²) < 4.78 is 77.8. The summed E-state index contributed by atoms with van der Waals surface area (Å²) in [6.07, 6.45) is -10.9. The van der Waals surface area contributed by atoms with Gasteiger partial charge in [0.1, 0.15) is 48.8 Å². The fourth-order valence-corrected chi connectivity index (χ4v) is 5.58. The monoisotopic (exact) mass is 805 g/mol. The van der Waals surface area contributed by atoms with Crippen LogP contribution in [-0.2, 0) is 66.3 Å². The van der Waals surface area contributed by atoms with Crippen molar-refractivity contribution in [3.63, 3.8) is 0 Å². The smallest absolute Gasteiger partial charge is 0.227 e. The molecule has 3 aliphatic rings. The van der Waals surface area contributed by atoms with Crippen LogP contribution < -0.4 is 0 Å². The van der Waals surface area contributed by atoms with Crippen LogP contribution in [0.5, 0.6) is 0 Å². The first-order valence-corrected chi connectivity index (χ1v) is 18.8.